The molecule has 2 atom stereocenters. The number of nitrogens with zero attached hydrogens (tertiary/aromatic N) is 3. The van der Waals surface area contributed by atoms with Gasteiger partial charge in [0, 0.05) is 24.4 Å². The fourth-order valence-corrected chi connectivity index (χ4v) is 4.10. The summed E-state index contributed by atoms with van der Waals surface area (Å²) in [6.45, 7) is 2.25. The highest BCUT2D eigenvalue weighted by molar-refractivity contribution is 9.10. The van der Waals surface area contributed by atoms with E-state index < -0.39 is 0 Å². The lowest BCUT2D eigenvalue weighted by Gasteiger charge is -2.31. The molecule has 0 amide bonds. The molecule has 118 valence electrons. The molecule has 0 aliphatic heterocycles. The van der Waals surface area contributed by atoms with E-state index in [0.29, 0.717) is 12.0 Å². The van der Waals surface area contributed by atoms with Crippen LogP contribution in [0.15, 0.2) is 47.3 Å². The smallest absolute Gasteiger partial charge is 0.153 e. The van der Waals surface area contributed by atoms with Crippen molar-refractivity contribution in [2.45, 2.75) is 38.1 Å². The van der Waals surface area contributed by atoms with Gasteiger partial charge in [0.25, 0.3) is 0 Å². The van der Waals surface area contributed by atoms with Gasteiger partial charge < -0.3 is 5.32 Å². The minimum absolute atomic E-state index is 0.317. The van der Waals surface area contributed by atoms with Crippen LogP contribution in [-0.2, 0) is 6.42 Å². The van der Waals surface area contributed by atoms with Gasteiger partial charge >= 0.3 is 0 Å². The highest BCUT2D eigenvalue weighted by Crippen LogP contribution is 2.35. The van der Waals surface area contributed by atoms with Crippen molar-refractivity contribution in [3.63, 3.8) is 0 Å². The Hall–Kier alpha value is -1.88. The molecule has 0 fully saturated rings. The monoisotopic (exact) mass is 370 g/mol. The number of anilines is 1. The SMILES string of the molecule is C[C@@H](Nc1nccn2ncc(Br)c12)C1CCCc2ccccc21. The number of nitrogens with one attached hydrogen (secondary N) is 1. The van der Waals surface area contributed by atoms with E-state index in [1.54, 1.807) is 6.20 Å². The predicted octanol–water partition coefficient (Wildman–Crippen LogP) is 4.41. The zero-order valence-electron chi connectivity index (χ0n) is 13.0. The van der Waals surface area contributed by atoms with Crippen molar-refractivity contribution in [2.24, 2.45) is 0 Å². The van der Waals surface area contributed by atoms with Gasteiger partial charge in [0.2, 0.25) is 0 Å². The summed E-state index contributed by atoms with van der Waals surface area (Å²) in [4.78, 5) is 4.53. The average Bonchev–Trinajstić information content (AvgIpc) is 2.96. The van der Waals surface area contributed by atoms with E-state index in [2.05, 4.69) is 62.5 Å². The highest BCUT2D eigenvalue weighted by atomic mass is 79.9. The number of fused-ring (bicyclic) bond motifs is 2. The quantitative estimate of drug-likeness (QED) is 0.742. The fourth-order valence-electron chi connectivity index (χ4n) is 3.64. The number of halogens is 1. The van der Waals surface area contributed by atoms with Crippen LogP contribution in [0.4, 0.5) is 5.82 Å². The maximum absolute atomic E-state index is 4.53. The molecule has 3 aromatic rings. The van der Waals surface area contributed by atoms with Crippen molar-refractivity contribution in [3.05, 3.63) is 58.5 Å². The molecule has 0 bridgehead atoms. The zero-order valence-corrected chi connectivity index (χ0v) is 14.6. The molecule has 1 N–H and O–H groups in total. The maximum atomic E-state index is 4.53. The fraction of sp³-hybridized carbons (Fsp3) is 0.333. The minimum Gasteiger partial charge on any atom is -0.365 e. The third-order valence-corrected chi connectivity index (χ3v) is 5.35. The molecular formula is C18H19BrN4. The Morgan fingerprint density at radius 1 is 1.35 bits per heavy atom. The molecule has 1 aromatic carbocycles. The summed E-state index contributed by atoms with van der Waals surface area (Å²) in [7, 11) is 0. The first-order chi connectivity index (χ1) is 11.2. The lowest BCUT2D eigenvalue weighted by molar-refractivity contribution is 0.503. The second kappa shape index (κ2) is 5.96. The Balaban J connectivity index is 1.66. The van der Waals surface area contributed by atoms with E-state index in [1.165, 1.54) is 30.4 Å². The first kappa shape index (κ1) is 14.7. The topological polar surface area (TPSA) is 42.2 Å². The molecule has 1 aliphatic carbocycles. The largest absolute Gasteiger partial charge is 0.365 e. The van der Waals surface area contributed by atoms with Crippen LogP contribution in [0.1, 0.15) is 36.8 Å². The van der Waals surface area contributed by atoms with Gasteiger partial charge in [-0.15, -0.1) is 0 Å². The summed E-state index contributed by atoms with van der Waals surface area (Å²) in [5.74, 6) is 1.40. The minimum atomic E-state index is 0.317. The molecule has 2 heterocycles. The predicted molar refractivity (Wildman–Crippen MR) is 95.9 cm³/mol. The number of aromatic nitrogens is 3. The molecule has 4 nitrogen and oxygen atoms in total. The highest BCUT2D eigenvalue weighted by Gasteiger charge is 2.25. The summed E-state index contributed by atoms with van der Waals surface area (Å²) in [5.41, 5.74) is 3.97. The molecule has 0 saturated heterocycles. The van der Waals surface area contributed by atoms with E-state index in [0.717, 1.165) is 15.8 Å². The lowest BCUT2D eigenvalue weighted by atomic mass is 9.79. The van der Waals surface area contributed by atoms with Gasteiger partial charge in [-0.25, -0.2) is 9.50 Å². The second-order valence-electron chi connectivity index (χ2n) is 6.19. The van der Waals surface area contributed by atoms with Gasteiger partial charge in [-0.2, -0.15) is 5.10 Å². The Bertz CT molecular complexity index is 842. The number of hydrogen-bond donors (Lipinski definition) is 1. The van der Waals surface area contributed by atoms with Crippen LogP contribution in [-0.4, -0.2) is 20.6 Å². The van der Waals surface area contributed by atoms with Crippen LogP contribution in [0, 0.1) is 0 Å². The molecule has 0 saturated carbocycles. The summed E-state index contributed by atoms with van der Waals surface area (Å²) in [6.07, 6.45) is 9.13. The summed E-state index contributed by atoms with van der Waals surface area (Å²) >= 11 is 3.57. The lowest BCUT2D eigenvalue weighted by Crippen LogP contribution is -2.28. The van der Waals surface area contributed by atoms with Gasteiger partial charge in [0.15, 0.2) is 5.82 Å². The van der Waals surface area contributed by atoms with Crippen molar-refractivity contribution >= 4 is 27.3 Å². The Morgan fingerprint density at radius 2 is 2.22 bits per heavy atom. The molecule has 1 aliphatic rings. The molecule has 2 aromatic heterocycles. The Labute approximate surface area is 144 Å². The summed E-state index contributed by atoms with van der Waals surface area (Å²) in [5, 5.41) is 7.94. The van der Waals surface area contributed by atoms with Gasteiger partial charge in [0.05, 0.1) is 10.7 Å². The van der Waals surface area contributed by atoms with Crippen LogP contribution in [0.25, 0.3) is 5.52 Å². The van der Waals surface area contributed by atoms with Crippen LogP contribution < -0.4 is 5.32 Å². The molecule has 4 rings (SSSR count). The van der Waals surface area contributed by atoms with E-state index in [1.807, 2.05) is 16.9 Å². The van der Waals surface area contributed by atoms with Crippen molar-refractivity contribution in [1.29, 1.82) is 0 Å². The first-order valence-electron chi connectivity index (χ1n) is 8.06. The summed E-state index contributed by atoms with van der Waals surface area (Å²) in [6, 6.07) is 9.15. The van der Waals surface area contributed by atoms with Gasteiger partial charge in [-0.3, -0.25) is 0 Å². The Morgan fingerprint density at radius 3 is 3.13 bits per heavy atom. The Kier molecular flexibility index (Phi) is 3.81. The van der Waals surface area contributed by atoms with Crippen LogP contribution >= 0.6 is 15.9 Å². The van der Waals surface area contributed by atoms with Crippen molar-refractivity contribution < 1.29 is 0 Å². The molecule has 23 heavy (non-hydrogen) atoms. The molecule has 1 unspecified atom stereocenters. The zero-order chi connectivity index (χ0) is 15.8. The standard InChI is InChI=1S/C18H19BrN4/c1-12(14-8-4-6-13-5-2-3-7-15(13)14)22-18-17-16(19)11-21-23(17)10-9-20-18/h2-3,5,7,9-12,14H,4,6,8H2,1H3,(H,20,22)/t12-,14?/m1/s1. The summed E-state index contributed by atoms with van der Waals surface area (Å²) < 4.78 is 2.81. The second-order valence-corrected chi connectivity index (χ2v) is 7.05. The van der Waals surface area contributed by atoms with E-state index in [-0.39, 0.29) is 0 Å². The van der Waals surface area contributed by atoms with Gasteiger partial charge in [0.1, 0.15) is 5.52 Å². The van der Waals surface area contributed by atoms with E-state index >= 15 is 0 Å². The molecule has 0 radical (unpaired) electrons. The molecular weight excluding hydrogens is 352 g/mol. The third-order valence-electron chi connectivity index (χ3n) is 4.77. The van der Waals surface area contributed by atoms with Gasteiger partial charge in [-0.1, -0.05) is 24.3 Å². The van der Waals surface area contributed by atoms with Crippen LogP contribution in [0.3, 0.4) is 0 Å². The number of rotatable bonds is 3. The molecule has 0 spiro atoms. The average molecular weight is 371 g/mol. The number of aryl methyl sites for hydroxylation is 1. The van der Waals surface area contributed by atoms with Crippen molar-refractivity contribution in [1.82, 2.24) is 14.6 Å². The number of benzene rings is 1. The first-order valence-corrected chi connectivity index (χ1v) is 8.85. The third kappa shape index (κ3) is 2.63. The van der Waals surface area contributed by atoms with E-state index in [9.17, 15) is 0 Å². The van der Waals surface area contributed by atoms with Gasteiger partial charge in [-0.05, 0) is 53.2 Å². The van der Waals surface area contributed by atoms with Crippen LogP contribution in [0.2, 0.25) is 0 Å². The van der Waals surface area contributed by atoms with Crippen LogP contribution in [0.5, 0.6) is 0 Å². The molecule has 5 heteroatoms. The maximum Gasteiger partial charge on any atom is 0.153 e. The number of hydrogen-bond acceptors (Lipinski definition) is 3. The normalized spacial score (nSPS) is 18.6. The van der Waals surface area contributed by atoms with Crippen molar-refractivity contribution in [3.8, 4) is 0 Å². The van der Waals surface area contributed by atoms with Crippen molar-refractivity contribution in [2.75, 3.05) is 5.32 Å². The van der Waals surface area contributed by atoms with E-state index in [4.69, 9.17) is 0 Å².